The fourth-order valence-electron chi connectivity index (χ4n) is 8.92. The minimum atomic E-state index is -0.255. The van der Waals surface area contributed by atoms with Crippen molar-refractivity contribution in [3.05, 3.63) is 11.6 Å². The van der Waals surface area contributed by atoms with Gasteiger partial charge in [-0.1, -0.05) is 25.5 Å². The Bertz CT molecular complexity index is 786. The normalized spacial score (nSPS) is 50.1. The van der Waals surface area contributed by atoms with Gasteiger partial charge in [0.2, 0.25) is 0 Å². The maximum absolute atomic E-state index is 11.9. The zero-order valence-electron chi connectivity index (χ0n) is 19.2. The van der Waals surface area contributed by atoms with Crippen molar-refractivity contribution in [3.63, 3.8) is 0 Å². The van der Waals surface area contributed by atoms with Crippen molar-refractivity contribution in [3.8, 4) is 0 Å². The molecule has 4 fully saturated rings. The van der Waals surface area contributed by atoms with Gasteiger partial charge in [-0.2, -0.15) is 0 Å². The molecule has 1 saturated heterocycles. The standard InChI is InChI=1S/C26H38O4/c1-16(27)29-18-9-12-24(2)17(15-18)5-6-19-20-7-8-22(25(20,3)13-10-21(19)24)26(4)14-11-23(28)30-26/h5,18-22H,6-15H2,1-4H3/t18-,19-,20+,21+,22-,24+,25+,26-/m0/s1. The SMILES string of the molecule is CC(=O)O[C@H]1CC[C@]2(C)C(=CC[C@H]3[C@H]4CC[C@H]([C@]5(C)CCC(=O)O5)[C@]4(C)CC[C@H]32)C1. The third kappa shape index (κ3) is 2.92. The highest BCUT2D eigenvalue weighted by Gasteiger charge is 2.63. The molecule has 4 aliphatic carbocycles. The second-order valence-corrected chi connectivity index (χ2v) is 11.7. The molecule has 1 heterocycles. The van der Waals surface area contributed by atoms with E-state index in [2.05, 4.69) is 26.8 Å². The Morgan fingerprint density at radius 3 is 2.57 bits per heavy atom. The number of carbonyl (C=O) groups excluding carboxylic acids is 2. The van der Waals surface area contributed by atoms with E-state index in [1.165, 1.54) is 39.0 Å². The molecule has 0 amide bonds. The van der Waals surface area contributed by atoms with Crippen LogP contribution in [0.2, 0.25) is 0 Å². The van der Waals surface area contributed by atoms with Crippen molar-refractivity contribution in [2.24, 2.45) is 34.5 Å². The Labute approximate surface area is 181 Å². The van der Waals surface area contributed by atoms with Crippen LogP contribution < -0.4 is 0 Å². The Kier molecular flexibility index (Phi) is 4.69. The quantitative estimate of drug-likeness (QED) is 0.436. The maximum Gasteiger partial charge on any atom is 0.306 e. The lowest BCUT2D eigenvalue weighted by Crippen LogP contribution is -2.53. The third-order valence-electron chi connectivity index (χ3n) is 10.3. The van der Waals surface area contributed by atoms with Crippen LogP contribution in [-0.4, -0.2) is 23.6 Å². The van der Waals surface area contributed by atoms with Crippen LogP contribution in [0.25, 0.3) is 0 Å². The molecule has 5 rings (SSSR count). The van der Waals surface area contributed by atoms with Crippen molar-refractivity contribution in [1.29, 1.82) is 0 Å². The van der Waals surface area contributed by atoms with E-state index in [0.29, 0.717) is 12.3 Å². The summed E-state index contributed by atoms with van der Waals surface area (Å²) in [5, 5.41) is 0. The molecule has 5 aliphatic rings. The highest BCUT2D eigenvalue weighted by atomic mass is 16.6. The molecule has 0 aromatic carbocycles. The first-order valence-electron chi connectivity index (χ1n) is 12.2. The van der Waals surface area contributed by atoms with Crippen molar-refractivity contribution in [2.75, 3.05) is 0 Å². The van der Waals surface area contributed by atoms with E-state index in [9.17, 15) is 9.59 Å². The molecule has 0 spiro atoms. The minimum Gasteiger partial charge on any atom is -0.462 e. The predicted octanol–water partition coefficient (Wildman–Crippen LogP) is 5.59. The Balaban J connectivity index is 1.39. The number of hydrogen-bond donors (Lipinski definition) is 0. The monoisotopic (exact) mass is 414 g/mol. The van der Waals surface area contributed by atoms with Crippen LogP contribution in [0, 0.1) is 34.5 Å². The van der Waals surface area contributed by atoms with Gasteiger partial charge in [0.1, 0.15) is 11.7 Å². The topological polar surface area (TPSA) is 52.6 Å². The predicted molar refractivity (Wildman–Crippen MR) is 114 cm³/mol. The molecule has 0 N–H and O–H groups in total. The molecule has 0 unspecified atom stereocenters. The Morgan fingerprint density at radius 1 is 1.07 bits per heavy atom. The Morgan fingerprint density at radius 2 is 1.87 bits per heavy atom. The number of esters is 2. The third-order valence-corrected chi connectivity index (χ3v) is 10.3. The number of allylic oxidation sites excluding steroid dienone is 1. The molecule has 166 valence electrons. The van der Waals surface area contributed by atoms with Crippen molar-refractivity contribution in [1.82, 2.24) is 0 Å². The number of cyclic esters (lactones) is 1. The molecule has 30 heavy (non-hydrogen) atoms. The number of fused-ring (bicyclic) bond motifs is 5. The molecule has 4 heteroatoms. The summed E-state index contributed by atoms with van der Waals surface area (Å²) < 4.78 is 11.5. The van der Waals surface area contributed by atoms with Crippen LogP contribution in [-0.2, 0) is 19.1 Å². The summed E-state index contributed by atoms with van der Waals surface area (Å²) in [5.74, 6) is 2.57. The fourth-order valence-corrected chi connectivity index (χ4v) is 8.92. The largest absolute Gasteiger partial charge is 0.462 e. The first-order chi connectivity index (χ1) is 14.2. The molecule has 3 saturated carbocycles. The van der Waals surface area contributed by atoms with Gasteiger partial charge in [0, 0.05) is 25.7 Å². The summed E-state index contributed by atoms with van der Waals surface area (Å²) in [4.78, 5) is 23.4. The summed E-state index contributed by atoms with van der Waals surface area (Å²) in [5.41, 5.74) is 1.85. The van der Waals surface area contributed by atoms with Gasteiger partial charge < -0.3 is 9.47 Å². The first kappa shape index (κ1) is 20.6. The molecular formula is C26H38O4. The zero-order chi connectivity index (χ0) is 21.3. The molecule has 0 aromatic rings. The van der Waals surface area contributed by atoms with E-state index in [0.717, 1.165) is 43.4 Å². The van der Waals surface area contributed by atoms with Crippen LogP contribution in [0.5, 0.6) is 0 Å². The van der Waals surface area contributed by atoms with Gasteiger partial charge in [0.25, 0.3) is 0 Å². The van der Waals surface area contributed by atoms with E-state index in [4.69, 9.17) is 9.47 Å². The summed E-state index contributed by atoms with van der Waals surface area (Å²) in [6, 6.07) is 0. The van der Waals surface area contributed by atoms with E-state index < -0.39 is 0 Å². The average molecular weight is 415 g/mol. The smallest absolute Gasteiger partial charge is 0.306 e. The average Bonchev–Trinajstić information content (AvgIpc) is 3.21. The Hall–Kier alpha value is -1.32. The lowest BCUT2D eigenvalue weighted by atomic mass is 9.46. The number of carbonyl (C=O) groups is 2. The van der Waals surface area contributed by atoms with Crippen molar-refractivity contribution < 1.29 is 19.1 Å². The lowest BCUT2D eigenvalue weighted by Gasteiger charge is -2.59. The molecule has 0 radical (unpaired) electrons. The van der Waals surface area contributed by atoms with Gasteiger partial charge in [-0.25, -0.2) is 0 Å². The van der Waals surface area contributed by atoms with Crippen molar-refractivity contribution >= 4 is 11.9 Å². The second-order valence-electron chi connectivity index (χ2n) is 11.7. The van der Waals surface area contributed by atoms with Crippen LogP contribution in [0.4, 0.5) is 0 Å². The van der Waals surface area contributed by atoms with Crippen LogP contribution in [0.3, 0.4) is 0 Å². The fraction of sp³-hybridized carbons (Fsp3) is 0.846. The zero-order valence-corrected chi connectivity index (χ0v) is 19.2. The van der Waals surface area contributed by atoms with Crippen molar-refractivity contribution in [2.45, 2.75) is 104 Å². The molecule has 4 nitrogen and oxygen atoms in total. The highest BCUT2D eigenvalue weighted by molar-refractivity contribution is 5.72. The minimum absolute atomic E-state index is 0.000489. The van der Waals surface area contributed by atoms with Crippen LogP contribution in [0.15, 0.2) is 11.6 Å². The second kappa shape index (κ2) is 6.84. The summed E-state index contributed by atoms with van der Waals surface area (Å²) >= 11 is 0. The number of ether oxygens (including phenoxy) is 2. The first-order valence-corrected chi connectivity index (χ1v) is 12.2. The number of rotatable bonds is 2. The van der Waals surface area contributed by atoms with E-state index in [1.54, 1.807) is 5.57 Å². The summed E-state index contributed by atoms with van der Waals surface area (Å²) in [7, 11) is 0. The molecule has 8 atom stereocenters. The van der Waals surface area contributed by atoms with Gasteiger partial charge in [0.15, 0.2) is 0 Å². The van der Waals surface area contributed by atoms with Crippen LogP contribution in [0.1, 0.15) is 91.9 Å². The van der Waals surface area contributed by atoms with E-state index >= 15 is 0 Å². The number of hydrogen-bond acceptors (Lipinski definition) is 4. The van der Waals surface area contributed by atoms with Crippen LogP contribution >= 0.6 is 0 Å². The maximum atomic E-state index is 11.9. The molecule has 0 aromatic heterocycles. The van der Waals surface area contributed by atoms with Gasteiger partial charge >= 0.3 is 11.9 Å². The van der Waals surface area contributed by atoms with Gasteiger partial charge in [0.05, 0.1) is 0 Å². The molecular weight excluding hydrogens is 376 g/mol. The molecule has 0 bridgehead atoms. The van der Waals surface area contributed by atoms with Gasteiger partial charge in [-0.05, 0) is 86.9 Å². The van der Waals surface area contributed by atoms with Gasteiger partial charge in [-0.15, -0.1) is 0 Å². The van der Waals surface area contributed by atoms with E-state index in [-0.39, 0.29) is 34.5 Å². The summed E-state index contributed by atoms with van der Waals surface area (Å²) in [6.07, 6.45) is 13.3. The molecule has 1 aliphatic heterocycles. The van der Waals surface area contributed by atoms with E-state index in [1.807, 2.05) is 0 Å². The van der Waals surface area contributed by atoms with Gasteiger partial charge in [-0.3, -0.25) is 9.59 Å². The highest BCUT2D eigenvalue weighted by Crippen LogP contribution is 2.68. The summed E-state index contributed by atoms with van der Waals surface area (Å²) in [6.45, 7) is 8.75. The lowest BCUT2D eigenvalue weighted by molar-refractivity contribution is -0.159.